The Morgan fingerprint density at radius 3 is 2.81 bits per heavy atom. The van der Waals surface area contributed by atoms with E-state index in [2.05, 4.69) is 25.6 Å². The van der Waals surface area contributed by atoms with Crippen molar-refractivity contribution < 1.29 is 9.59 Å². The number of amides is 2. The van der Waals surface area contributed by atoms with Crippen molar-refractivity contribution in [1.29, 1.82) is 0 Å². The lowest BCUT2D eigenvalue weighted by Gasteiger charge is -2.35. The van der Waals surface area contributed by atoms with E-state index in [9.17, 15) is 9.59 Å². The van der Waals surface area contributed by atoms with E-state index in [1.807, 2.05) is 19.1 Å². The average molecular weight is 354 g/mol. The fourth-order valence-corrected chi connectivity index (χ4v) is 2.80. The molecule has 136 valence electrons. The quantitative estimate of drug-likeness (QED) is 0.794. The Hall–Kier alpha value is -2.87. The van der Waals surface area contributed by atoms with E-state index in [0.29, 0.717) is 44.0 Å². The summed E-state index contributed by atoms with van der Waals surface area (Å²) < 4.78 is 0. The second-order valence-electron chi connectivity index (χ2n) is 6.04. The smallest absolute Gasteiger partial charge is 0.257 e. The van der Waals surface area contributed by atoms with Gasteiger partial charge < -0.3 is 15.5 Å². The van der Waals surface area contributed by atoms with Crippen LogP contribution in [0.3, 0.4) is 0 Å². The highest BCUT2D eigenvalue weighted by Gasteiger charge is 2.32. The molecule has 0 aliphatic carbocycles. The van der Waals surface area contributed by atoms with Crippen LogP contribution in [0.2, 0.25) is 0 Å². The van der Waals surface area contributed by atoms with Gasteiger partial charge in [-0.1, -0.05) is 13.0 Å². The third-order valence-electron chi connectivity index (χ3n) is 4.26. The summed E-state index contributed by atoms with van der Waals surface area (Å²) in [4.78, 5) is 39.4. The molecule has 2 aromatic heterocycles. The predicted octanol–water partition coefficient (Wildman–Crippen LogP) is 0.164. The summed E-state index contributed by atoms with van der Waals surface area (Å²) in [5.41, 5.74) is 1.31. The van der Waals surface area contributed by atoms with Crippen molar-refractivity contribution in [3.05, 3.63) is 53.9 Å². The molecule has 8 nitrogen and oxygen atoms in total. The van der Waals surface area contributed by atoms with E-state index in [1.54, 1.807) is 17.3 Å². The standard InChI is InChI=1S/C18H22N6O2/c1-2-16-21-10-14(11-22-16)18(26)24-7-6-20-12-15(24)17(25)23-9-13-4-3-5-19-8-13/h3-5,8,10-11,15,20H,2,6-7,9,12H2,1H3,(H,23,25)/t15-/m1/s1. The first kappa shape index (κ1) is 17.9. The Kier molecular flexibility index (Phi) is 5.85. The van der Waals surface area contributed by atoms with Gasteiger partial charge in [-0.2, -0.15) is 0 Å². The average Bonchev–Trinajstić information content (AvgIpc) is 2.72. The molecule has 3 rings (SSSR count). The fraction of sp³-hybridized carbons (Fsp3) is 0.389. The van der Waals surface area contributed by atoms with Gasteiger partial charge in [-0.05, 0) is 11.6 Å². The number of hydrogen-bond acceptors (Lipinski definition) is 6. The monoisotopic (exact) mass is 354 g/mol. The van der Waals surface area contributed by atoms with Crippen LogP contribution in [0.15, 0.2) is 36.9 Å². The number of aromatic nitrogens is 3. The first-order valence-electron chi connectivity index (χ1n) is 8.68. The van der Waals surface area contributed by atoms with Crippen LogP contribution in [0.1, 0.15) is 28.7 Å². The zero-order valence-electron chi connectivity index (χ0n) is 14.7. The zero-order chi connectivity index (χ0) is 18.4. The van der Waals surface area contributed by atoms with Gasteiger partial charge in [-0.15, -0.1) is 0 Å². The van der Waals surface area contributed by atoms with Gasteiger partial charge in [0.1, 0.15) is 11.9 Å². The summed E-state index contributed by atoms with van der Waals surface area (Å²) in [6, 6.07) is 3.14. The van der Waals surface area contributed by atoms with Gasteiger partial charge in [0.05, 0.1) is 5.56 Å². The third kappa shape index (κ3) is 4.20. The topological polar surface area (TPSA) is 100 Å². The summed E-state index contributed by atoms with van der Waals surface area (Å²) >= 11 is 0. The van der Waals surface area contributed by atoms with Gasteiger partial charge in [0.25, 0.3) is 5.91 Å². The van der Waals surface area contributed by atoms with Gasteiger partial charge in [0.2, 0.25) is 5.91 Å². The van der Waals surface area contributed by atoms with Crippen LogP contribution in [-0.4, -0.2) is 57.3 Å². The van der Waals surface area contributed by atoms with Gasteiger partial charge >= 0.3 is 0 Å². The number of carbonyl (C=O) groups excluding carboxylic acids is 2. The maximum absolute atomic E-state index is 12.8. The molecule has 8 heteroatoms. The summed E-state index contributed by atoms with van der Waals surface area (Å²) in [5.74, 6) is 0.267. The van der Waals surface area contributed by atoms with Crippen LogP contribution >= 0.6 is 0 Å². The van der Waals surface area contributed by atoms with Crippen LogP contribution in [0.5, 0.6) is 0 Å². The Bertz CT molecular complexity index is 750. The zero-order valence-corrected chi connectivity index (χ0v) is 14.7. The minimum Gasteiger partial charge on any atom is -0.350 e. The molecule has 0 aromatic carbocycles. The molecule has 2 amide bonds. The van der Waals surface area contributed by atoms with Crippen molar-refractivity contribution in [3.63, 3.8) is 0 Å². The van der Waals surface area contributed by atoms with Crippen molar-refractivity contribution in [3.8, 4) is 0 Å². The predicted molar refractivity (Wildman–Crippen MR) is 95.2 cm³/mol. The van der Waals surface area contributed by atoms with Crippen molar-refractivity contribution in [2.24, 2.45) is 0 Å². The maximum atomic E-state index is 12.8. The lowest BCUT2D eigenvalue weighted by molar-refractivity contribution is -0.126. The maximum Gasteiger partial charge on any atom is 0.257 e. The van der Waals surface area contributed by atoms with E-state index in [4.69, 9.17) is 0 Å². The minimum atomic E-state index is -0.571. The van der Waals surface area contributed by atoms with E-state index in [0.717, 1.165) is 5.56 Å². The lowest BCUT2D eigenvalue weighted by Crippen LogP contribution is -2.59. The van der Waals surface area contributed by atoms with Crippen LogP contribution in [0.4, 0.5) is 0 Å². The van der Waals surface area contributed by atoms with Gasteiger partial charge in [-0.25, -0.2) is 9.97 Å². The molecule has 0 bridgehead atoms. The van der Waals surface area contributed by atoms with Gasteiger partial charge in [-0.3, -0.25) is 14.6 Å². The molecule has 1 atom stereocenters. The minimum absolute atomic E-state index is 0.194. The molecule has 0 saturated carbocycles. The first-order valence-corrected chi connectivity index (χ1v) is 8.68. The second kappa shape index (κ2) is 8.48. The summed E-state index contributed by atoms with van der Waals surface area (Å²) in [7, 11) is 0. The number of nitrogens with one attached hydrogen (secondary N) is 2. The molecule has 1 aliphatic heterocycles. The van der Waals surface area contributed by atoms with Crippen molar-refractivity contribution in [2.45, 2.75) is 25.9 Å². The molecule has 2 N–H and O–H groups in total. The summed E-state index contributed by atoms with van der Waals surface area (Å²) in [6.45, 7) is 3.85. The van der Waals surface area contributed by atoms with E-state index in [1.165, 1.54) is 12.4 Å². The molecule has 0 spiro atoms. The van der Waals surface area contributed by atoms with Crippen molar-refractivity contribution in [1.82, 2.24) is 30.5 Å². The molecule has 1 aliphatic rings. The molecular weight excluding hydrogens is 332 g/mol. The van der Waals surface area contributed by atoms with E-state index >= 15 is 0 Å². The SMILES string of the molecule is CCc1ncc(C(=O)N2CCNC[C@@H]2C(=O)NCc2cccnc2)cn1. The Balaban J connectivity index is 1.68. The van der Waals surface area contributed by atoms with Gasteiger partial charge in [0.15, 0.2) is 0 Å². The molecule has 0 radical (unpaired) electrons. The van der Waals surface area contributed by atoms with Crippen LogP contribution in [0, 0.1) is 0 Å². The molecule has 1 saturated heterocycles. The fourth-order valence-electron chi connectivity index (χ4n) is 2.80. The van der Waals surface area contributed by atoms with Crippen LogP contribution in [-0.2, 0) is 17.8 Å². The van der Waals surface area contributed by atoms with E-state index < -0.39 is 6.04 Å². The molecule has 2 aromatic rings. The summed E-state index contributed by atoms with van der Waals surface area (Å²) in [6.07, 6.45) is 7.15. The van der Waals surface area contributed by atoms with Crippen LogP contribution in [0.25, 0.3) is 0 Å². The Labute approximate surface area is 152 Å². The normalized spacial score (nSPS) is 17.0. The highest BCUT2D eigenvalue weighted by atomic mass is 16.2. The van der Waals surface area contributed by atoms with Crippen molar-refractivity contribution >= 4 is 11.8 Å². The van der Waals surface area contributed by atoms with E-state index in [-0.39, 0.29) is 11.8 Å². The molecule has 0 unspecified atom stereocenters. The van der Waals surface area contributed by atoms with Gasteiger partial charge in [0, 0.05) is 57.4 Å². The summed E-state index contributed by atoms with van der Waals surface area (Å²) in [5, 5.41) is 6.05. The number of pyridine rings is 1. The lowest BCUT2D eigenvalue weighted by atomic mass is 10.1. The number of hydrogen-bond donors (Lipinski definition) is 2. The largest absolute Gasteiger partial charge is 0.350 e. The highest BCUT2D eigenvalue weighted by Crippen LogP contribution is 2.10. The number of rotatable bonds is 5. The molecular formula is C18H22N6O2. The number of nitrogens with zero attached hydrogens (tertiary/aromatic N) is 4. The third-order valence-corrected chi connectivity index (χ3v) is 4.26. The number of carbonyl (C=O) groups is 2. The van der Waals surface area contributed by atoms with Crippen LogP contribution < -0.4 is 10.6 Å². The Morgan fingerprint density at radius 1 is 1.31 bits per heavy atom. The highest BCUT2D eigenvalue weighted by molar-refractivity contribution is 5.97. The molecule has 26 heavy (non-hydrogen) atoms. The second-order valence-corrected chi connectivity index (χ2v) is 6.04. The van der Waals surface area contributed by atoms with Crippen molar-refractivity contribution in [2.75, 3.05) is 19.6 Å². The number of aryl methyl sites for hydroxylation is 1. The first-order chi connectivity index (χ1) is 12.7. The Morgan fingerprint density at radius 2 is 2.12 bits per heavy atom. The molecule has 1 fully saturated rings. The molecule has 3 heterocycles. The number of piperazine rings is 1.